The van der Waals surface area contributed by atoms with Crippen molar-refractivity contribution in [3.8, 4) is 0 Å². The standard InChI is InChI=1S/C2H4O2.Al.ClH.Li.2H2O.4H/c1-2(3)4;;;;;;;;;/h1H3,(H,3,4);;1H;;2*1H2;;;;/q;;;+1;;;;;;-1. The first-order chi connectivity index (χ1) is 1.73. The van der Waals surface area contributed by atoms with Crippen molar-refractivity contribution in [3.63, 3.8) is 0 Å². The topological polar surface area (TPSA) is 100 Å². The molecule has 0 aromatic rings. The number of halogens is 1. The number of rotatable bonds is 0. The zero-order chi connectivity index (χ0) is 3.58. The van der Waals surface area contributed by atoms with Gasteiger partial charge in [0, 0.05) is 6.92 Å². The van der Waals surface area contributed by atoms with Gasteiger partial charge in [0.05, 0.1) is 0 Å². The van der Waals surface area contributed by atoms with E-state index in [0.717, 1.165) is 6.92 Å². The Morgan fingerprint density at radius 1 is 1.44 bits per heavy atom. The molecule has 0 bridgehead atoms. The smallest absolute Gasteiger partial charge is 1.00 e. The SMILES string of the molecule is CC(=O)O.Cl.O.O.[AlH3].[H-].[Li+]. The van der Waals surface area contributed by atoms with Crippen molar-refractivity contribution in [2.45, 2.75) is 6.92 Å². The Balaban J connectivity index is -0.00000000300. The molecule has 5 N–H and O–H groups in total. The predicted octanol–water partition coefficient (Wildman–Crippen LogP) is -5.20. The molecular formula is C2H13AlClLiO4. The van der Waals surface area contributed by atoms with E-state index in [1.54, 1.807) is 0 Å². The first-order valence-corrected chi connectivity index (χ1v) is 0.928. The zero-order valence-corrected chi connectivity index (χ0v) is 5.58. The molecule has 0 aromatic heterocycles. The summed E-state index contributed by atoms with van der Waals surface area (Å²) < 4.78 is 0. The maximum Gasteiger partial charge on any atom is 1.00 e. The van der Waals surface area contributed by atoms with E-state index in [-0.39, 0.29) is 61.0 Å². The molecular weight excluding hydrogens is 157 g/mol. The van der Waals surface area contributed by atoms with Crippen LogP contribution >= 0.6 is 12.4 Å². The number of aliphatic carboxylic acids is 1. The van der Waals surface area contributed by atoms with E-state index in [1.807, 2.05) is 0 Å². The molecule has 0 amide bonds. The maximum absolute atomic E-state index is 9.00. The molecule has 0 rings (SSSR count). The monoisotopic (exact) mass is 170 g/mol. The van der Waals surface area contributed by atoms with Crippen LogP contribution in [-0.4, -0.2) is 39.4 Å². The molecule has 7 heteroatoms. The summed E-state index contributed by atoms with van der Waals surface area (Å²) in [5, 5.41) is 7.42. The van der Waals surface area contributed by atoms with Crippen molar-refractivity contribution in [2.75, 3.05) is 0 Å². The van der Waals surface area contributed by atoms with Crippen LogP contribution in [0, 0.1) is 0 Å². The van der Waals surface area contributed by atoms with Gasteiger partial charge >= 0.3 is 18.9 Å². The Bertz CT molecular complexity index is 46.2. The summed E-state index contributed by atoms with van der Waals surface area (Å²) in [4.78, 5) is 9.00. The fourth-order valence-electron chi connectivity index (χ4n) is 0. The van der Waals surface area contributed by atoms with E-state index in [4.69, 9.17) is 9.90 Å². The van der Waals surface area contributed by atoms with E-state index in [0.29, 0.717) is 0 Å². The molecule has 0 saturated carbocycles. The van der Waals surface area contributed by atoms with E-state index in [2.05, 4.69) is 0 Å². The maximum atomic E-state index is 9.00. The summed E-state index contributed by atoms with van der Waals surface area (Å²) >= 11 is 0. The Hall–Kier alpha value is 0.810. The largest absolute Gasteiger partial charge is 1.00 e. The molecule has 0 aliphatic carbocycles. The van der Waals surface area contributed by atoms with Crippen molar-refractivity contribution in [1.29, 1.82) is 0 Å². The van der Waals surface area contributed by atoms with Crippen molar-refractivity contribution in [3.05, 3.63) is 0 Å². The van der Waals surface area contributed by atoms with Gasteiger partial charge in [-0.15, -0.1) is 12.4 Å². The first kappa shape index (κ1) is 52.5. The minimum atomic E-state index is -0.833. The second kappa shape index (κ2) is 37.0. The van der Waals surface area contributed by atoms with Gasteiger partial charge < -0.3 is 17.5 Å². The summed E-state index contributed by atoms with van der Waals surface area (Å²) in [6.45, 7) is 1.08. The molecule has 0 saturated heterocycles. The molecule has 0 spiro atoms. The van der Waals surface area contributed by atoms with Gasteiger partial charge in [0.15, 0.2) is 17.4 Å². The van der Waals surface area contributed by atoms with Gasteiger partial charge in [0.25, 0.3) is 5.97 Å². The Labute approximate surface area is 83.8 Å². The average molecular weight is 170 g/mol. The zero-order valence-electron chi connectivity index (χ0n) is 5.76. The van der Waals surface area contributed by atoms with Crippen LogP contribution in [0.3, 0.4) is 0 Å². The van der Waals surface area contributed by atoms with Gasteiger partial charge in [0.1, 0.15) is 0 Å². The van der Waals surface area contributed by atoms with Gasteiger partial charge in [0.2, 0.25) is 0 Å². The molecule has 4 nitrogen and oxygen atoms in total. The number of hydrogen-bond acceptors (Lipinski definition) is 1. The van der Waals surface area contributed by atoms with E-state index in [9.17, 15) is 0 Å². The van der Waals surface area contributed by atoms with Crippen LogP contribution in [0.2, 0.25) is 0 Å². The third-order valence-corrected chi connectivity index (χ3v) is 0. The van der Waals surface area contributed by atoms with Gasteiger partial charge in [-0.2, -0.15) is 0 Å². The molecule has 0 aromatic carbocycles. The summed E-state index contributed by atoms with van der Waals surface area (Å²) in [5.41, 5.74) is 0. The molecule has 56 valence electrons. The number of carboxylic acids is 1. The molecule has 0 aliphatic heterocycles. The first-order valence-electron chi connectivity index (χ1n) is 0.928. The van der Waals surface area contributed by atoms with Crippen LogP contribution in [0.1, 0.15) is 8.35 Å². The average Bonchev–Trinajstić information content (AvgIpc) is 0.811. The quantitative estimate of drug-likeness (QED) is 0.368. The van der Waals surface area contributed by atoms with Crippen LogP contribution < -0.4 is 18.9 Å². The van der Waals surface area contributed by atoms with E-state index in [1.165, 1.54) is 0 Å². The van der Waals surface area contributed by atoms with Crippen molar-refractivity contribution in [1.82, 2.24) is 0 Å². The number of carbonyl (C=O) groups is 1. The molecule has 0 atom stereocenters. The minimum Gasteiger partial charge on any atom is -1.00 e. The third kappa shape index (κ3) is 623. The summed E-state index contributed by atoms with van der Waals surface area (Å²) in [5.74, 6) is -0.833. The number of carboxylic acid groups (broad SMARTS) is 1. The number of hydrogen-bond donors (Lipinski definition) is 1. The molecule has 0 aliphatic rings. The van der Waals surface area contributed by atoms with Crippen molar-refractivity contribution < 1.29 is 41.1 Å². The Morgan fingerprint density at radius 2 is 1.44 bits per heavy atom. The minimum absolute atomic E-state index is 0. The summed E-state index contributed by atoms with van der Waals surface area (Å²) in [6, 6.07) is 0. The Kier molecular flexibility index (Phi) is 216. The van der Waals surface area contributed by atoms with Crippen LogP contribution in [0.4, 0.5) is 0 Å². The third-order valence-electron chi connectivity index (χ3n) is 0. The normalized spacial score (nSPS) is 2.78. The Morgan fingerprint density at radius 3 is 1.44 bits per heavy atom. The van der Waals surface area contributed by atoms with Crippen LogP contribution in [0.15, 0.2) is 0 Å². The molecule has 0 unspecified atom stereocenters. The van der Waals surface area contributed by atoms with Gasteiger partial charge in [-0.1, -0.05) is 0 Å². The van der Waals surface area contributed by atoms with Gasteiger partial charge in [-0.05, 0) is 0 Å². The molecule has 0 fully saturated rings. The van der Waals surface area contributed by atoms with Gasteiger partial charge in [-0.3, -0.25) is 4.79 Å². The van der Waals surface area contributed by atoms with Gasteiger partial charge in [-0.25, -0.2) is 0 Å². The molecule has 0 radical (unpaired) electrons. The van der Waals surface area contributed by atoms with Crippen molar-refractivity contribution >= 4 is 35.7 Å². The summed E-state index contributed by atoms with van der Waals surface area (Å²) in [6.07, 6.45) is 0. The fourth-order valence-corrected chi connectivity index (χ4v) is 0. The predicted molar refractivity (Wildman–Crippen MR) is 38.8 cm³/mol. The second-order valence-corrected chi connectivity index (χ2v) is 0.519. The fraction of sp³-hybridized carbons (Fsp3) is 0.500. The van der Waals surface area contributed by atoms with E-state index >= 15 is 0 Å². The van der Waals surface area contributed by atoms with E-state index < -0.39 is 5.97 Å². The summed E-state index contributed by atoms with van der Waals surface area (Å²) in [7, 11) is 0. The second-order valence-electron chi connectivity index (χ2n) is 0.519. The van der Waals surface area contributed by atoms with Crippen molar-refractivity contribution in [2.24, 2.45) is 0 Å². The van der Waals surface area contributed by atoms with Crippen LogP contribution in [0.25, 0.3) is 0 Å². The molecule has 9 heavy (non-hydrogen) atoms. The van der Waals surface area contributed by atoms with Crippen LogP contribution in [-0.2, 0) is 4.79 Å². The van der Waals surface area contributed by atoms with Crippen LogP contribution in [0.5, 0.6) is 0 Å². The molecule has 0 heterocycles.